The molecule has 0 amide bonds. The van der Waals surface area contributed by atoms with Gasteiger partial charge in [-0.1, -0.05) is 50.6 Å². The van der Waals surface area contributed by atoms with Gasteiger partial charge in [0.25, 0.3) is 0 Å². The van der Waals surface area contributed by atoms with Crippen LogP contribution in [0.3, 0.4) is 0 Å². The van der Waals surface area contributed by atoms with Crippen LogP contribution in [-0.4, -0.2) is 16.4 Å². The molecule has 0 fully saturated rings. The Morgan fingerprint density at radius 1 is 1.00 bits per heavy atom. The second-order valence-electron chi connectivity index (χ2n) is 8.06. The molecule has 1 heterocycles. The van der Waals surface area contributed by atoms with E-state index in [0.29, 0.717) is 11.8 Å². The quantitative estimate of drug-likeness (QED) is 0.656. The molecule has 1 aromatic carbocycles. The predicted octanol–water partition coefficient (Wildman–Crippen LogP) is 5.31. The Morgan fingerprint density at radius 3 is 2.29 bits per heavy atom. The average Bonchev–Trinajstić information content (AvgIpc) is 3.01. The Bertz CT molecular complexity index is 598. The molecular weight excluding hydrogens is 296 g/mol. The van der Waals surface area contributed by atoms with Crippen LogP contribution in [0.5, 0.6) is 5.88 Å². The topological polar surface area (TPSA) is 27.1 Å². The van der Waals surface area contributed by atoms with Gasteiger partial charge in [-0.25, -0.2) is 0 Å². The van der Waals surface area contributed by atoms with Gasteiger partial charge in [0.2, 0.25) is 5.88 Å². The Hall–Kier alpha value is -1.77. The normalized spacial score (nSPS) is 14.4. The van der Waals surface area contributed by atoms with Gasteiger partial charge >= 0.3 is 0 Å². The van der Waals surface area contributed by atoms with E-state index < -0.39 is 0 Å². The third-order valence-corrected chi connectivity index (χ3v) is 4.35. The molecule has 2 rings (SSSR count). The number of hydrogen-bond acceptors (Lipinski definition) is 2. The molecule has 0 aliphatic carbocycles. The molecule has 0 saturated carbocycles. The second-order valence-corrected chi connectivity index (χ2v) is 8.06. The highest BCUT2D eigenvalue weighted by atomic mass is 16.5. The molecule has 0 aliphatic rings. The standard InChI is InChI=1S/C21H32N2O/c1-17(15-19-9-7-6-8-10-19)11-12-18(2)16-24-20-13-14-23(22-20)21(3,4)5/h6-10,13-14,17-18H,11-12,15-16H2,1-5H3. The largest absolute Gasteiger partial charge is 0.476 e. The van der Waals surface area contributed by atoms with Crippen molar-refractivity contribution in [2.24, 2.45) is 11.8 Å². The molecule has 2 aromatic rings. The highest BCUT2D eigenvalue weighted by Gasteiger charge is 2.15. The Kier molecular flexibility index (Phi) is 6.47. The summed E-state index contributed by atoms with van der Waals surface area (Å²) in [4.78, 5) is 0. The van der Waals surface area contributed by atoms with Crippen LogP contribution in [0.15, 0.2) is 42.6 Å². The number of ether oxygens (including phenoxy) is 1. The van der Waals surface area contributed by atoms with Crippen LogP contribution < -0.4 is 4.74 Å². The van der Waals surface area contributed by atoms with Gasteiger partial charge in [-0.2, -0.15) is 0 Å². The molecule has 3 nitrogen and oxygen atoms in total. The van der Waals surface area contributed by atoms with Crippen molar-refractivity contribution in [1.82, 2.24) is 9.78 Å². The number of hydrogen-bond donors (Lipinski definition) is 0. The molecule has 24 heavy (non-hydrogen) atoms. The van der Waals surface area contributed by atoms with E-state index in [9.17, 15) is 0 Å². The Labute approximate surface area is 147 Å². The maximum Gasteiger partial charge on any atom is 0.232 e. The van der Waals surface area contributed by atoms with Crippen LogP contribution in [0, 0.1) is 11.8 Å². The summed E-state index contributed by atoms with van der Waals surface area (Å²) in [6.07, 6.45) is 5.57. The van der Waals surface area contributed by atoms with Crippen LogP contribution in [0.1, 0.15) is 53.0 Å². The summed E-state index contributed by atoms with van der Waals surface area (Å²) in [5.41, 5.74) is 1.43. The minimum atomic E-state index is 0.0000956. The first-order valence-electron chi connectivity index (χ1n) is 9.07. The van der Waals surface area contributed by atoms with Gasteiger partial charge in [0.1, 0.15) is 0 Å². The fraction of sp³-hybridized carbons (Fsp3) is 0.571. The summed E-state index contributed by atoms with van der Waals surface area (Å²) in [5, 5.41) is 4.50. The lowest BCUT2D eigenvalue weighted by molar-refractivity contribution is 0.229. The number of benzene rings is 1. The third kappa shape index (κ3) is 6.03. The average molecular weight is 329 g/mol. The molecule has 0 bridgehead atoms. The molecular formula is C21H32N2O. The van der Waals surface area contributed by atoms with Crippen LogP contribution >= 0.6 is 0 Å². The Balaban J connectivity index is 1.69. The number of aromatic nitrogens is 2. The molecule has 2 unspecified atom stereocenters. The zero-order chi connectivity index (χ0) is 17.6. The zero-order valence-electron chi connectivity index (χ0n) is 15.8. The maximum atomic E-state index is 5.86. The molecule has 0 radical (unpaired) electrons. The first kappa shape index (κ1) is 18.6. The summed E-state index contributed by atoms with van der Waals surface area (Å²) in [6.45, 7) is 11.8. The summed E-state index contributed by atoms with van der Waals surface area (Å²) in [5.74, 6) is 1.98. The molecule has 1 aromatic heterocycles. The highest BCUT2D eigenvalue weighted by molar-refractivity contribution is 5.15. The first-order chi connectivity index (χ1) is 11.3. The predicted molar refractivity (Wildman–Crippen MR) is 100 cm³/mol. The first-order valence-corrected chi connectivity index (χ1v) is 9.07. The summed E-state index contributed by atoms with van der Waals surface area (Å²) < 4.78 is 7.82. The van der Waals surface area contributed by atoms with Crippen molar-refractivity contribution in [1.29, 1.82) is 0 Å². The van der Waals surface area contributed by atoms with Gasteiger partial charge in [-0.15, -0.1) is 5.10 Å². The van der Waals surface area contributed by atoms with E-state index in [0.717, 1.165) is 18.9 Å². The van der Waals surface area contributed by atoms with Crippen molar-refractivity contribution in [3.05, 3.63) is 48.2 Å². The monoisotopic (exact) mass is 328 g/mol. The number of rotatable bonds is 8. The summed E-state index contributed by atoms with van der Waals surface area (Å²) in [6, 6.07) is 12.7. The highest BCUT2D eigenvalue weighted by Crippen LogP contribution is 2.19. The van der Waals surface area contributed by atoms with Gasteiger partial charge in [-0.3, -0.25) is 4.68 Å². The van der Waals surface area contributed by atoms with E-state index in [1.54, 1.807) is 0 Å². The van der Waals surface area contributed by atoms with Crippen LogP contribution in [0.25, 0.3) is 0 Å². The number of nitrogens with zero attached hydrogens (tertiary/aromatic N) is 2. The lowest BCUT2D eigenvalue weighted by Crippen LogP contribution is -2.22. The van der Waals surface area contributed by atoms with Gasteiger partial charge in [0, 0.05) is 12.3 Å². The fourth-order valence-corrected chi connectivity index (χ4v) is 2.76. The van der Waals surface area contributed by atoms with E-state index in [-0.39, 0.29) is 5.54 Å². The minimum Gasteiger partial charge on any atom is -0.476 e. The molecule has 0 spiro atoms. The van der Waals surface area contributed by atoms with Crippen molar-refractivity contribution in [2.75, 3.05) is 6.61 Å². The van der Waals surface area contributed by atoms with Crippen molar-refractivity contribution in [3.8, 4) is 5.88 Å². The Morgan fingerprint density at radius 2 is 1.67 bits per heavy atom. The van der Waals surface area contributed by atoms with E-state index in [1.165, 1.54) is 18.4 Å². The summed E-state index contributed by atoms with van der Waals surface area (Å²) in [7, 11) is 0. The molecule has 2 atom stereocenters. The zero-order valence-corrected chi connectivity index (χ0v) is 15.8. The lowest BCUT2D eigenvalue weighted by atomic mass is 9.93. The van der Waals surface area contributed by atoms with Crippen molar-refractivity contribution in [3.63, 3.8) is 0 Å². The smallest absolute Gasteiger partial charge is 0.232 e. The van der Waals surface area contributed by atoms with E-state index >= 15 is 0 Å². The van der Waals surface area contributed by atoms with Crippen LogP contribution in [0.2, 0.25) is 0 Å². The second kappa shape index (κ2) is 8.36. The van der Waals surface area contributed by atoms with E-state index in [1.807, 2.05) is 16.9 Å². The summed E-state index contributed by atoms with van der Waals surface area (Å²) >= 11 is 0. The molecule has 0 N–H and O–H groups in total. The van der Waals surface area contributed by atoms with Crippen LogP contribution in [-0.2, 0) is 12.0 Å². The van der Waals surface area contributed by atoms with Crippen molar-refractivity contribution >= 4 is 0 Å². The lowest BCUT2D eigenvalue weighted by Gasteiger charge is -2.19. The van der Waals surface area contributed by atoms with Crippen molar-refractivity contribution in [2.45, 2.75) is 59.4 Å². The van der Waals surface area contributed by atoms with E-state index in [4.69, 9.17) is 4.74 Å². The SMILES string of the molecule is CC(CCC(C)Cc1ccccc1)COc1ccn(C(C)(C)C)n1. The molecule has 0 aliphatic heterocycles. The van der Waals surface area contributed by atoms with E-state index in [2.05, 4.69) is 70.0 Å². The van der Waals surface area contributed by atoms with Gasteiger partial charge in [0.15, 0.2) is 0 Å². The molecule has 132 valence electrons. The minimum absolute atomic E-state index is 0.0000956. The molecule has 0 saturated heterocycles. The maximum absolute atomic E-state index is 5.86. The van der Waals surface area contributed by atoms with Gasteiger partial charge in [-0.05, 0) is 51.0 Å². The molecule has 3 heteroatoms. The van der Waals surface area contributed by atoms with Crippen LogP contribution in [0.4, 0.5) is 0 Å². The van der Waals surface area contributed by atoms with Crippen molar-refractivity contribution < 1.29 is 4.74 Å². The van der Waals surface area contributed by atoms with Gasteiger partial charge in [0.05, 0.1) is 12.1 Å². The third-order valence-electron chi connectivity index (χ3n) is 4.35. The fourth-order valence-electron chi connectivity index (χ4n) is 2.76. The van der Waals surface area contributed by atoms with Gasteiger partial charge < -0.3 is 4.74 Å².